The number of morpholine rings is 1. The Hall–Kier alpha value is -2.94. The maximum atomic E-state index is 9.52. The van der Waals surface area contributed by atoms with Crippen LogP contribution >= 0.6 is 11.3 Å². The topological polar surface area (TPSA) is 80.3 Å². The van der Waals surface area contributed by atoms with E-state index in [4.69, 9.17) is 13.9 Å². The van der Waals surface area contributed by atoms with E-state index in [0.29, 0.717) is 40.1 Å². The number of nitrogens with zero attached hydrogens (tertiary/aromatic N) is 3. The number of benzene rings is 1. The summed E-state index contributed by atoms with van der Waals surface area (Å²) >= 11 is 1.64. The maximum absolute atomic E-state index is 9.52. The first-order valence-electron chi connectivity index (χ1n) is 9.83. The largest absolute Gasteiger partial charge is 0.492 e. The molecule has 0 amide bonds. The van der Waals surface area contributed by atoms with Gasteiger partial charge in [-0.2, -0.15) is 0 Å². The van der Waals surface area contributed by atoms with E-state index >= 15 is 0 Å². The van der Waals surface area contributed by atoms with Gasteiger partial charge in [0.25, 0.3) is 0 Å². The van der Waals surface area contributed by atoms with Crippen LogP contribution in [0.3, 0.4) is 0 Å². The van der Waals surface area contributed by atoms with Gasteiger partial charge in [-0.05, 0) is 35.0 Å². The molecular formula is C22H21N3O4S. The van der Waals surface area contributed by atoms with Crippen molar-refractivity contribution in [2.45, 2.75) is 0 Å². The fraction of sp³-hybridized carbons (Fsp3) is 0.273. The van der Waals surface area contributed by atoms with E-state index in [1.54, 1.807) is 17.4 Å². The number of pyridine rings is 1. The van der Waals surface area contributed by atoms with Gasteiger partial charge in [0.1, 0.15) is 29.0 Å². The molecule has 30 heavy (non-hydrogen) atoms. The van der Waals surface area contributed by atoms with Crippen LogP contribution in [0.1, 0.15) is 0 Å². The first-order chi connectivity index (χ1) is 14.8. The summed E-state index contributed by atoms with van der Waals surface area (Å²) in [6.45, 7) is 4.84. The molecule has 0 unspecified atom stereocenters. The number of hydrogen-bond acceptors (Lipinski definition) is 8. The molecular weight excluding hydrogens is 402 g/mol. The second-order valence-corrected chi connectivity index (χ2v) is 8.03. The van der Waals surface area contributed by atoms with Crippen molar-refractivity contribution < 1.29 is 19.1 Å². The molecule has 1 aliphatic heterocycles. The molecule has 5 rings (SSSR count). The normalized spacial score (nSPS) is 15.8. The molecule has 0 atom stereocenters. The molecule has 1 fully saturated rings. The van der Waals surface area contributed by atoms with Gasteiger partial charge in [0.05, 0.1) is 17.9 Å². The van der Waals surface area contributed by atoms with Crippen molar-refractivity contribution in [3.05, 3.63) is 53.3 Å². The first-order valence-corrected chi connectivity index (χ1v) is 10.7. The second kappa shape index (κ2) is 8.43. The average Bonchev–Trinajstić information content (AvgIpc) is 3.27. The van der Waals surface area contributed by atoms with Crippen LogP contribution in [0.25, 0.3) is 32.5 Å². The van der Waals surface area contributed by atoms with Gasteiger partial charge < -0.3 is 19.1 Å². The molecule has 4 aromatic rings. The highest BCUT2D eigenvalue weighted by atomic mass is 32.1. The van der Waals surface area contributed by atoms with Gasteiger partial charge in [-0.15, -0.1) is 11.3 Å². The lowest BCUT2D eigenvalue weighted by atomic mass is 10.1. The van der Waals surface area contributed by atoms with Gasteiger partial charge >= 0.3 is 0 Å². The third kappa shape index (κ3) is 3.89. The Kier molecular flexibility index (Phi) is 5.35. The molecule has 0 spiro atoms. The fourth-order valence-corrected chi connectivity index (χ4v) is 4.31. The Morgan fingerprint density at radius 3 is 2.93 bits per heavy atom. The molecule has 0 saturated carbocycles. The van der Waals surface area contributed by atoms with E-state index in [1.807, 2.05) is 41.9 Å². The molecule has 154 valence electrons. The smallest absolute Gasteiger partial charge is 0.155 e. The van der Waals surface area contributed by atoms with E-state index in [2.05, 4.69) is 15.0 Å². The molecule has 1 saturated heterocycles. The molecule has 8 heteroatoms. The van der Waals surface area contributed by atoms with Gasteiger partial charge in [0.15, 0.2) is 5.76 Å². The van der Waals surface area contributed by atoms with E-state index < -0.39 is 0 Å². The van der Waals surface area contributed by atoms with Crippen LogP contribution in [0.5, 0.6) is 5.75 Å². The molecule has 0 aliphatic carbocycles. The zero-order valence-corrected chi connectivity index (χ0v) is 17.1. The molecule has 1 aliphatic rings. The predicted octanol–water partition coefficient (Wildman–Crippen LogP) is 3.71. The summed E-state index contributed by atoms with van der Waals surface area (Å²) < 4.78 is 18.5. The number of ether oxygens (including phenoxy) is 2. The van der Waals surface area contributed by atoms with Crippen LogP contribution in [0.15, 0.2) is 57.5 Å². The Bertz CT molecular complexity index is 1240. The van der Waals surface area contributed by atoms with E-state index in [9.17, 15) is 5.21 Å². The second-order valence-electron chi connectivity index (χ2n) is 7.08. The Balaban J connectivity index is 1.43. The van der Waals surface area contributed by atoms with E-state index in [0.717, 1.165) is 42.9 Å². The van der Waals surface area contributed by atoms with Crippen molar-refractivity contribution in [2.24, 2.45) is 5.16 Å². The standard InChI is InChI=1S/C22H21N3O4S/c26-24-18-13-21(19-11-15-3-10-30-22(15)14-23-19)29-20-12-16(1-2-17(18)20)28-9-6-25-4-7-27-8-5-25/h1-3,10-14,26H,4-9H2. The number of thiophene rings is 1. The van der Waals surface area contributed by atoms with Crippen molar-refractivity contribution in [1.29, 1.82) is 0 Å². The minimum atomic E-state index is 0.429. The van der Waals surface area contributed by atoms with Crippen molar-refractivity contribution in [3.8, 4) is 17.2 Å². The highest BCUT2D eigenvalue weighted by Crippen LogP contribution is 2.27. The summed E-state index contributed by atoms with van der Waals surface area (Å²) in [6.07, 6.45) is 1.83. The van der Waals surface area contributed by atoms with Gasteiger partial charge in [-0.1, -0.05) is 5.16 Å². The maximum Gasteiger partial charge on any atom is 0.155 e. The molecule has 7 nitrogen and oxygen atoms in total. The van der Waals surface area contributed by atoms with Crippen LogP contribution in [-0.4, -0.2) is 54.5 Å². The third-order valence-electron chi connectivity index (χ3n) is 5.20. The Labute approximate surface area is 176 Å². The molecule has 1 N–H and O–H groups in total. The van der Waals surface area contributed by atoms with Crippen LogP contribution < -0.4 is 10.1 Å². The SMILES string of the molecule is ON=c1cc(-c2cc3ccsc3cn2)oc2cc(OCCN3CCOCC3)ccc12. The summed E-state index contributed by atoms with van der Waals surface area (Å²) in [4.78, 5) is 6.82. The van der Waals surface area contributed by atoms with Crippen molar-refractivity contribution in [1.82, 2.24) is 9.88 Å². The summed E-state index contributed by atoms with van der Waals surface area (Å²) in [5.74, 6) is 1.25. The lowest BCUT2D eigenvalue weighted by Crippen LogP contribution is -2.38. The minimum Gasteiger partial charge on any atom is -0.492 e. The molecule has 0 bridgehead atoms. The summed E-state index contributed by atoms with van der Waals surface area (Å²) in [7, 11) is 0. The van der Waals surface area contributed by atoms with Crippen LogP contribution in [0.2, 0.25) is 0 Å². The molecule has 1 aromatic carbocycles. The van der Waals surface area contributed by atoms with Crippen molar-refractivity contribution in [2.75, 3.05) is 39.5 Å². The van der Waals surface area contributed by atoms with Crippen LogP contribution in [-0.2, 0) is 4.74 Å². The number of hydrogen-bond donors (Lipinski definition) is 1. The minimum absolute atomic E-state index is 0.429. The summed E-state index contributed by atoms with van der Waals surface area (Å²) in [5, 5.41) is 17.2. The zero-order chi connectivity index (χ0) is 20.3. The first kappa shape index (κ1) is 19.0. The van der Waals surface area contributed by atoms with Crippen LogP contribution in [0, 0.1) is 0 Å². The van der Waals surface area contributed by atoms with Crippen molar-refractivity contribution >= 4 is 32.4 Å². The molecule has 0 radical (unpaired) electrons. The molecule has 4 heterocycles. The number of aromatic nitrogens is 1. The third-order valence-corrected chi connectivity index (χ3v) is 6.06. The lowest BCUT2D eigenvalue weighted by Gasteiger charge is -2.26. The van der Waals surface area contributed by atoms with Crippen LogP contribution in [0.4, 0.5) is 0 Å². The Morgan fingerprint density at radius 1 is 1.17 bits per heavy atom. The monoisotopic (exact) mass is 423 g/mol. The summed E-state index contributed by atoms with van der Waals surface area (Å²) in [5.41, 5.74) is 1.27. The average molecular weight is 423 g/mol. The predicted molar refractivity (Wildman–Crippen MR) is 115 cm³/mol. The van der Waals surface area contributed by atoms with Crippen molar-refractivity contribution in [3.63, 3.8) is 0 Å². The fourth-order valence-electron chi connectivity index (χ4n) is 3.57. The van der Waals surface area contributed by atoms with E-state index in [-0.39, 0.29) is 0 Å². The van der Waals surface area contributed by atoms with Gasteiger partial charge in [0, 0.05) is 43.4 Å². The lowest BCUT2D eigenvalue weighted by molar-refractivity contribution is 0.0322. The highest BCUT2D eigenvalue weighted by Gasteiger charge is 2.12. The van der Waals surface area contributed by atoms with Gasteiger partial charge in [-0.3, -0.25) is 9.88 Å². The highest BCUT2D eigenvalue weighted by molar-refractivity contribution is 7.17. The molecule has 3 aromatic heterocycles. The number of fused-ring (bicyclic) bond motifs is 2. The van der Waals surface area contributed by atoms with E-state index in [1.165, 1.54) is 0 Å². The number of rotatable bonds is 5. The Morgan fingerprint density at radius 2 is 2.07 bits per heavy atom. The quantitative estimate of drug-likeness (QED) is 0.389. The zero-order valence-electron chi connectivity index (χ0n) is 16.3. The van der Waals surface area contributed by atoms with Gasteiger partial charge in [0.2, 0.25) is 0 Å². The summed E-state index contributed by atoms with van der Waals surface area (Å²) in [6, 6.07) is 11.3. The van der Waals surface area contributed by atoms with Gasteiger partial charge in [-0.25, -0.2) is 0 Å².